The standard InChI is InChI=1S/C17H18ClNO4/c1-21-14-7-4-11(8-16(14)23-3)10-19-17(20)13-6-5-12(18)9-15(13)22-2/h4-9H,10H2,1-3H3,(H,19,20). The van der Waals surface area contributed by atoms with Gasteiger partial charge in [0.25, 0.3) is 5.91 Å². The third-order valence-corrected chi connectivity index (χ3v) is 3.54. The molecule has 2 aromatic rings. The molecule has 0 atom stereocenters. The summed E-state index contributed by atoms with van der Waals surface area (Å²) >= 11 is 5.90. The fourth-order valence-electron chi connectivity index (χ4n) is 2.12. The van der Waals surface area contributed by atoms with Crippen LogP contribution in [0.2, 0.25) is 5.02 Å². The van der Waals surface area contributed by atoms with Gasteiger partial charge in [-0.25, -0.2) is 0 Å². The number of hydrogen-bond donors (Lipinski definition) is 1. The van der Waals surface area contributed by atoms with Crippen LogP contribution in [0, 0.1) is 0 Å². The summed E-state index contributed by atoms with van der Waals surface area (Å²) in [6.07, 6.45) is 0. The molecule has 0 radical (unpaired) electrons. The number of methoxy groups -OCH3 is 3. The number of carbonyl (C=O) groups is 1. The fourth-order valence-corrected chi connectivity index (χ4v) is 2.28. The Morgan fingerprint density at radius 2 is 1.65 bits per heavy atom. The Bertz CT molecular complexity index is 703. The summed E-state index contributed by atoms with van der Waals surface area (Å²) in [4.78, 5) is 12.3. The number of ether oxygens (including phenoxy) is 3. The van der Waals surface area contributed by atoms with E-state index in [0.29, 0.717) is 34.4 Å². The van der Waals surface area contributed by atoms with E-state index in [1.165, 1.54) is 7.11 Å². The maximum absolute atomic E-state index is 12.3. The zero-order chi connectivity index (χ0) is 16.8. The summed E-state index contributed by atoms with van der Waals surface area (Å²) in [5.74, 6) is 1.45. The monoisotopic (exact) mass is 335 g/mol. The minimum Gasteiger partial charge on any atom is -0.496 e. The average Bonchev–Trinajstić information content (AvgIpc) is 2.59. The molecule has 0 aromatic heterocycles. The third-order valence-electron chi connectivity index (χ3n) is 3.31. The van der Waals surface area contributed by atoms with Crippen LogP contribution in [-0.2, 0) is 6.54 Å². The highest BCUT2D eigenvalue weighted by Gasteiger charge is 2.13. The van der Waals surface area contributed by atoms with E-state index in [1.807, 2.05) is 12.1 Å². The Kier molecular flexibility index (Phi) is 5.71. The maximum Gasteiger partial charge on any atom is 0.255 e. The molecule has 0 aliphatic carbocycles. The van der Waals surface area contributed by atoms with Crippen molar-refractivity contribution >= 4 is 17.5 Å². The molecule has 23 heavy (non-hydrogen) atoms. The zero-order valence-corrected chi connectivity index (χ0v) is 13.9. The molecular formula is C17H18ClNO4. The maximum atomic E-state index is 12.3. The van der Waals surface area contributed by atoms with Crippen LogP contribution in [0.5, 0.6) is 17.2 Å². The van der Waals surface area contributed by atoms with E-state index >= 15 is 0 Å². The highest BCUT2D eigenvalue weighted by molar-refractivity contribution is 6.30. The lowest BCUT2D eigenvalue weighted by atomic mass is 10.1. The minimum atomic E-state index is -0.242. The second kappa shape index (κ2) is 7.74. The van der Waals surface area contributed by atoms with Crippen LogP contribution in [0.25, 0.3) is 0 Å². The van der Waals surface area contributed by atoms with Crippen molar-refractivity contribution in [1.29, 1.82) is 0 Å². The number of halogens is 1. The Morgan fingerprint density at radius 1 is 0.957 bits per heavy atom. The predicted molar refractivity (Wildman–Crippen MR) is 88.7 cm³/mol. The number of carbonyl (C=O) groups excluding carboxylic acids is 1. The highest BCUT2D eigenvalue weighted by atomic mass is 35.5. The third kappa shape index (κ3) is 4.07. The Balaban J connectivity index is 2.10. The van der Waals surface area contributed by atoms with Crippen molar-refractivity contribution in [2.75, 3.05) is 21.3 Å². The van der Waals surface area contributed by atoms with Crippen molar-refractivity contribution < 1.29 is 19.0 Å². The van der Waals surface area contributed by atoms with Gasteiger partial charge in [-0.1, -0.05) is 17.7 Å². The Labute approximate surface area is 140 Å². The van der Waals surface area contributed by atoms with E-state index in [9.17, 15) is 4.79 Å². The lowest BCUT2D eigenvalue weighted by Gasteiger charge is -2.12. The van der Waals surface area contributed by atoms with Gasteiger partial charge in [-0.3, -0.25) is 4.79 Å². The number of benzene rings is 2. The molecule has 5 nitrogen and oxygen atoms in total. The molecule has 0 bridgehead atoms. The first-order valence-electron chi connectivity index (χ1n) is 6.91. The fraction of sp³-hybridized carbons (Fsp3) is 0.235. The van der Waals surface area contributed by atoms with Gasteiger partial charge >= 0.3 is 0 Å². The molecule has 1 N–H and O–H groups in total. The van der Waals surface area contributed by atoms with Gasteiger partial charge in [0.2, 0.25) is 0 Å². The molecule has 0 aliphatic heterocycles. The normalized spacial score (nSPS) is 10.1. The van der Waals surface area contributed by atoms with E-state index < -0.39 is 0 Å². The van der Waals surface area contributed by atoms with Crippen LogP contribution in [0.3, 0.4) is 0 Å². The van der Waals surface area contributed by atoms with Gasteiger partial charge in [-0.05, 0) is 35.9 Å². The van der Waals surface area contributed by atoms with Crippen molar-refractivity contribution in [3.63, 3.8) is 0 Å². The smallest absolute Gasteiger partial charge is 0.255 e. The van der Waals surface area contributed by atoms with E-state index in [-0.39, 0.29) is 5.91 Å². The van der Waals surface area contributed by atoms with Crippen LogP contribution in [0.1, 0.15) is 15.9 Å². The van der Waals surface area contributed by atoms with E-state index in [2.05, 4.69) is 5.32 Å². The predicted octanol–water partition coefficient (Wildman–Crippen LogP) is 3.30. The molecule has 0 aliphatic rings. The highest BCUT2D eigenvalue weighted by Crippen LogP contribution is 2.27. The zero-order valence-electron chi connectivity index (χ0n) is 13.2. The molecule has 0 saturated heterocycles. The molecule has 1 amide bonds. The molecular weight excluding hydrogens is 318 g/mol. The SMILES string of the molecule is COc1ccc(CNC(=O)c2ccc(Cl)cc2OC)cc1OC. The van der Waals surface area contributed by atoms with Gasteiger partial charge in [0.05, 0.1) is 26.9 Å². The van der Waals surface area contributed by atoms with Gasteiger partial charge in [0.1, 0.15) is 5.75 Å². The lowest BCUT2D eigenvalue weighted by Crippen LogP contribution is -2.23. The molecule has 0 unspecified atom stereocenters. The minimum absolute atomic E-state index is 0.242. The molecule has 0 fully saturated rings. The first-order chi connectivity index (χ1) is 11.1. The average molecular weight is 336 g/mol. The van der Waals surface area contributed by atoms with Crippen LogP contribution in [0.4, 0.5) is 0 Å². The topological polar surface area (TPSA) is 56.8 Å². The van der Waals surface area contributed by atoms with Gasteiger partial charge in [-0.2, -0.15) is 0 Å². The van der Waals surface area contributed by atoms with E-state index in [0.717, 1.165) is 5.56 Å². The molecule has 122 valence electrons. The van der Waals surface area contributed by atoms with Gasteiger partial charge in [-0.15, -0.1) is 0 Å². The van der Waals surface area contributed by atoms with Crippen molar-refractivity contribution in [2.45, 2.75) is 6.54 Å². The van der Waals surface area contributed by atoms with Crippen LogP contribution >= 0.6 is 11.6 Å². The van der Waals surface area contributed by atoms with Crippen molar-refractivity contribution in [3.8, 4) is 17.2 Å². The molecule has 0 heterocycles. The van der Waals surface area contributed by atoms with Crippen molar-refractivity contribution in [3.05, 3.63) is 52.5 Å². The van der Waals surface area contributed by atoms with Crippen LogP contribution < -0.4 is 19.5 Å². The van der Waals surface area contributed by atoms with Gasteiger partial charge in [0, 0.05) is 11.6 Å². The quantitative estimate of drug-likeness (QED) is 0.880. The number of rotatable bonds is 6. The van der Waals surface area contributed by atoms with Crippen molar-refractivity contribution in [2.24, 2.45) is 0 Å². The Hall–Kier alpha value is -2.40. The van der Waals surface area contributed by atoms with Crippen LogP contribution in [-0.4, -0.2) is 27.2 Å². The first kappa shape index (κ1) is 17.0. The first-order valence-corrected chi connectivity index (χ1v) is 7.29. The van der Waals surface area contributed by atoms with E-state index in [4.69, 9.17) is 25.8 Å². The largest absolute Gasteiger partial charge is 0.496 e. The summed E-state index contributed by atoms with van der Waals surface area (Å²) in [5, 5.41) is 3.35. The summed E-state index contributed by atoms with van der Waals surface area (Å²) < 4.78 is 15.6. The van der Waals surface area contributed by atoms with E-state index in [1.54, 1.807) is 38.5 Å². The Morgan fingerprint density at radius 3 is 2.30 bits per heavy atom. The summed E-state index contributed by atoms with van der Waals surface area (Å²) in [5.41, 5.74) is 1.32. The molecule has 0 saturated carbocycles. The lowest BCUT2D eigenvalue weighted by molar-refractivity contribution is 0.0948. The molecule has 0 spiro atoms. The summed E-state index contributed by atoms with van der Waals surface area (Å²) in [6.45, 7) is 0.352. The number of amides is 1. The second-order valence-corrected chi connectivity index (χ2v) is 5.15. The number of nitrogens with one attached hydrogen (secondary N) is 1. The second-order valence-electron chi connectivity index (χ2n) is 4.72. The van der Waals surface area contributed by atoms with Gasteiger partial charge in [0.15, 0.2) is 11.5 Å². The summed E-state index contributed by atoms with van der Waals surface area (Å²) in [6, 6.07) is 10.4. The molecule has 2 aromatic carbocycles. The van der Waals surface area contributed by atoms with Gasteiger partial charge < -0.3 is 19.5 Å². The van der Waals surface area contributed by atoms with Crippen molar-refractivity contribution in [1.82, 2.24) is 5.32 Å². The number of hydrogen-bond acceptors (Lipinski definition) is 4. The molecule has 6 heteroatoms. The summed E-state index contributed by atoms with van der Waals surface area (Å²) in [7, 11) is 4.64. The van der Waals surface area contributed by atoms with Crippen LogP contribution in [0.15, 0.2) is 36.4 Å². The molecule has 2 rings (SSSR count).